The maximum Gasteiger partial charge on any atom is 0.225 e. The van der Waals surface area contributed by atoms with Gasteiger partial charge in [0.25, 0.3) is 0 Å². The van der Waals surface area contributed by atoms with Gasteiger partial charge >= 0.3 is 0 Å². The van der Waals surface area contributed by atoms with Crippen LogP contribution in [-0.2, 0) is 19.4 Å². The molecule has 1 saturated carbocycles. The Morgan fingerprint density at radius 2 is 1.85 bits per heavy atom. The third-order valence-electron chi connectivity index (χ3n) is 5.14. The van der Waals surface area contributed by atoms with Gasteiger partial charge in [0.1, 0.15) is 5.82 Å². The number of sulfone groups is 1. The van der Waals surface area contributed by atoms with Crippen molar-refractivity contribution < 1.29 is 22.4 Å². The second kappa shape index (κ2) is 7.73. The molecule has 142 valence electrons. The number of hydrogen-bond donors (Lipinski definition) is 1. The smallest absolute Gasteiger partial charge is 0.225 e. The van der Waals surface area contributed by atoms with Gasteiger partial charge in [-0.05, 0) is 37.1 Å². The van der Waals surface area contributed by atoms with E-state index in [0.29, 0.717) is 6.54 Å². The molecule has 1 heterocycles. The number of nitrogens with one attached hydrogen (secondary N) is 1. The molecule has 0 bridgehead atoms. The molecule has 2 fully saturated rings. The number of carbonyl (C=O) groups excluding carboxylic acids is 2. The third kappa shape index (κ3) is 4.23. The standard InChI is InChI=1S/C18H23FN2O4S/c19-14-5-7-16(8-6-14)26(24,25)10-9-20-18(23)13-11-17(22)21(12-13)15-3-1-2-4-15/h5-8,13,15H,1-4,9-12H2,(H,20,23)/t13-/m1/s1. The second-order valence-corrected chi connectivity index (χ2v) is 9.06. The quantitative estimate of drug-likeness (QED) is 0.756. The van der Waals surface area contributed by atoms with Gasteiger partial charge in [0.2, 0.25) is 11.8 Å². The molecular weight excluding hydrogens is 359 g/mol. The van der Waals surface area contributed by atoms with Crippen molar-refractivity contribution in [2.45, 2.75) is 43.0 Å². The molecule has 2 aliphatic rings. The zero-order chi connectivity index (χ0) is 18.7. The molecule has 3 rings (SSSR count). The first-order chi connectivity index (χ1) is 12.4. The van der Waals surface area contributed by atoms with Crippen LogP contribution in [0, 0.1) is 11.7 Å². The van der Waals surface area contributed by atoms with E-state index in [-0.39, 0.29) is 41.5 Å². The van der Waals surface area contributed by atoms with Crippen molar-refractivity contribution in [3.8, 4) is 0 Å². The van der Waals surface area contributed by atoms with E-state index in [1.165, 1.54) is 12.1 Å². The highest BCUT2D eigenvalue weighted by molar-refractivity contribution is 7.91. The van der Waals surface area contributed by atoms with Gasteiger partial charge in [0.15, 0.2) is 9.84 Å². The Morgan fingerprint density at radius 3 is 2.50 bits per heavy atom. The topological polar surface area (TPSA) is 83.5 Å². The number of nitrogens with zero attached hydrogens (tertiary/aromatic N) is 1. The van der Waals surface area contributed by atoms with Gasteiger partial charge in [-0.2, -0.15) is 0 Å². The summed E-state index contributed by atoms with van der Waals surface area (Å²) in [7, 11) is -3.59. The van der Waals surface area contributed by atoms with E-state index in [4.69, 9.17) is 0 Å². The van der Waals surface area contributed by atoms with E-state index in [2.05, 4.69) is 5.32 Å². The summed E-state index contributed by atoms with van der Waals surface area (Å²) in [5.74, 6) is -1.46. The van der Waals surface area contributed by atoms with Crippen molar-refractivity contribution in [3.63, 3.8) is 0 Å². The molecule has 1 aromatic carbocycles. The molecule has 26 heavy (non-hydrogen) atoms. The van der Waals surface area contributed by atoms with Gasteiger partial charge < -0.3 is 10.2 Å². The van der Waals surface area contributed by atoms with Crippen LogP contribution in [0.1, 0.15) is 32.1 Å². The highest BCUT2D eigenvalue weighted by atomic mass is 32.2. The van der Waals surface area contributed by atoms with Crippen molar-refractivity contribution in [3.05, 3.63) is 30.1 Å². The van der Waals surface area contributed by atoms with Gasteiger partial charge in [-0.15, -0.1) is 0 Å². The minimum Gasteiger partial charge on any atom is -0.355 e. The molecule has 6 nitrogen and oxygen atoms in total. The minimum atomic E-state index is -3.59. The first-order valence-corrected chi connectivity index (χ1v) is 10.6. The molecule has 0 spiro atoms. The molecule has 8 heteroatoms. The molecule has 1 saturated heterocycles. The molecule has 0 radical (unpaired) electrons. The summed E-state index contributed by atoms with van der Waals surface area (Å²) in [6, 6.07) is 4.85. The van der Waals surface area contributed by atoms with E-state index in [0.717, 1.165) is 37.8 Å². The van der Waals surface area contributed by atoms with Crippen LogP contribution in [0.15, 0.2) is 29.2 Å². The fourth-order valence-corrected chi connectivity index (χ4v) is 4.85. The van der Waals surface area contributed by atoms with Crippen LogP contribution >= 0.6 is 0 Å². The van der Waals surface area contributed by atoms with Crippen molar-refractivity contribution in [2.24, 2.45) is 5.92 Å². The fourth-order valence-electron chi connectivity index (χ4n) is 3.69. The number of carbonyl (C=O) groups is 2. The Bertz CT molecular complexity index is 773. The molecule has 1 aliphatic heterocycles. The number of benzene rings is 1. The molecular formula is C18H23FN2O4S. The summed E-state index contributed by atoms with van der Waals surface area (Å²) < 4.78 is 37.3. The van der Waals surface area contributed by atoms with Crippen LogP contribution in [0.4, 0.5) is 4.39 Å². The van der Waals surface area contributed by atoms with Crippen molar-refractivity contribution in [1.29, 1.82) is 0 Å². The summed E-state index contributed by atoms with van der Waals surface area (Å²) in [6.45, 7) is 0.382. The van der Waals surface area contributed by atoms with Gasteiger partial charge in [-0.25, -0.2) is 12.8 Å². The predicted octanol–water partition coefficient (Wildman–Crippen LogP) is 1.51. The summed E-state index contributed by atoms with van der Waals surface area (Å²) in [5.41, 5.74) is 0. The van der Waals surface area contributed by atoms with Gasteiger partial charge in [0, 0.05) is 25.6 Å². The van der Waals surface area contributed by atoms with E-state index in [1.807, 2.05) is 4.90 Å². The van der Waals surface area contributed by atoms with Crippen LogP contribution in [0.2, 0.25) is 0 Å². The van der Waals surface area contributed by atoms with Crippen LogP contribution in [0.25, 0.3) is 0 Å². The number of halogens is 1. The van der Waals surface area contributed by atoms with Crippen molar-refractivity contribution in [1.82, 2.24) is 10.2 Å². The van der Waals surface area contributed by atoms with Gasteiger partial charge in [-0.1, -0.05) is 12.8 Å². The van der Waals surface area contributed by atoms with Crippen molar-refractivity contribution >= 4 is 21.7 Å². The molecule has 2 amide bonds. The number of rotatable bonds is 6. The molecule has 0 unspecified atom stereocenters. The second-order valence-electron chi connectivity index (χ2n) is 6.95. The Balaban J connectivity index is 1.49. The SMILES string of the molecule is O=C(NCCS(=O)(=O)c1ccc(F)cc1)[C@@H]1CC(=O)N(C2CCCC2)C1. The van der Waals surface area contributed by atoms with Gasteiger partial charge in [0.05, 0.1) is 16.6 Å². The summed E-state index contributed by atoms with van der Waals surface area (Å²) in [5, 5.41) is 2.62. The Labute approximate surface area is 152 Å². The Kier molecular flexibility index (Phi) is 5.60. The van der Waals surface area contributed by atoms with Crippen LogP contribution in [0.5, 0.6) is 0 Å². The predicted molar refractivity (Wildman–Crippen MR) is 93.5 cm³/mol. The molecule has 1 aliphatic carbocycles. The highest BCUT2D eigenvalue weighted by Gasteiger charge is 2.38. The summed E-state index contributed by atoms with van der Waals surface area (Å²) in [6.07, 6.45) is 4.41. The average Bonchev–Trinajstić information content (AvgIpc) is 3.24. The van der Waals surface area contributed by atoms with Crippen LogP contribution in [-0.4, -0.2) is 50.0 Å². The van der Waals surface area contributed by atoms with Crippen LogP contribution < -0.4 is 5.32 Å². The lowest BCUT2D eigenvalue weighted by atomic mass is 10.1. The Morgan fingerprint density at radius 1 is 1.19 bits per heavy atom. The van der Waals surface area contributed by atoms with E-state index in [1.54, 1.807) is 0 Å². The highest BCUT2D eigenvalue weighted by Crippen LogP contribution is 2.29. The normalized spacial score (nSPS) is 21.3. The van der Waals surface area contributed by atoms with E-state index in [9.17, 15) is 22.4 Å². The number of hydrogen-bond acceptors (Lipinski definition) is 4. The fraction of sp³-hybridized carbons (Fsp3) is 0.556. The van der Waals surface area contributed by atoms with Crippen LogP contribution in [0.3, 0.4) is 0 Å². The monoisotopic (exact) mass is 382 g/mol. The maximum atomic E-state index is 12.9. The van der Waals surface area contributed by atoms with Crippen molar-refractivity contribution in [2.75, 3.05) is 18.8 Å². The lowest BCUT2D eigenvalue weighted by Crippen LogP contribution is -2.38. The molecule has 1 N–H and O–H groups in total. The third-order valence-corrected chi connectivity index (χ3v) is 6.87. The molecule has 1 atom stereocenters. The number of amides is 2. The minimum absolute atomic E-state index is 0.0102. The largest absolute Gasteiger partial charge is 0.355 e. The van der Waals surface area contributed by atoms with E-state index < -0.39 is 21.6 Å². The van der Waals surface area contributed by atoms with Gasteiger partial charge in [-0.3, -0.25) is 9.59 Å². The lowest BCUT2D eigenvalue weighted by Gasteiger charge is -2.23. The lowest BCUT2D eigenvalue weighted by molar-refractivity contribution is -0.130. The average molecular weight is 382 g/mol. The van der Waals surface area contributed by atoms with E-state index >= 15 is 0 Å². The first-order valence-electron chi connectivity index (χ1n) is 8.92. The summed E-state index contributed by atoms with van der Waals surface area (Å²) >= 11 is 0. The zero-order valence-electron chi connectivity index (χ0n) is 14.5. The molecule has 1 aromatic rings. The maximum absolute atomic E-state index is 12.9. The summed E-state index contributed by atoms with van der Waals surface area (Å²) in [4.78, 5) is 26.3. The molecule has 0 aromatic heterocycles. The first kappa shape index (κ1) is 18.8. The Hall–Kier alpha value is -1.96. The zero-order valence-corrected chi connectivity index (χ0v) is 15.3. The number of likely N-dealkylation sites (tertiary alicyclic amines) is 1.